The first-order valence-electron chi connectivity index (χ1n) is 9.95. The van der Waals surface area contributed by atoms with Crippen LogP contribution in [0.25, 0.3) is 5.78 Å². The lowest BCUT2D eigenvalue weighted by Crippen LogP contribution is -2.31. The summed E-state index contributed by atoms with van der Waals surface area (Å²) >= 11 is 6.12. The molecule has 4 rings (SSSR count). The van der Waals surface area contributed by atoms with Gasteiger partial charge in [-0.25, -0.2) is 9.50 Å². The van der Waals surface area contributed by atoms with E-state index in [-0.39, 0.29) is 12.5 Å². The number of hydrogen-bond donors (Lipinski definition) is 0. The van der Waals surface area contributed by atoms with E-state index in [1.54, 1.807) is 33.7 Å². The van der Waals surface area contributed by atoms with Gasteiger partial charge >= 0.3 is 0 Å². The molecule has 4 aromatic rings. The predicted molar refractivity (Wildman–Crippen MR) is 120 cm³/mol. The lowest BCUT2D eigenvalue weighted by atomic mass is 10.1. The molecule has 0 N–H and O–H groups in total. The van der Waals surface area contributed by atoms with Crippen molar-refractivity contribution in [1.82, 2.24) is 19.6 Å². The number of halogens is 1. The summed E-state index contributed by atoms with van der Waals surface area (Å²) in [6.45, 7) is 6.54. The monoisotopic (exact) mass is 435 g/mol. The van der Waals surface area contributed by atoms with Crippen LogP contribution in [-0.2, 0) is 6.54 Å². The second-order valence-electron chi connectivity index (χ2n) is 7.11. The third-order valence-electron chi connectivity index (χ3n) is 4.74. The van der Waals surface area contributed by atoms with Gasteiger partial charge in [0, 0.05) is 27.7 Å². The van der Waals surface area contributed by atoms with Crippen LogP contribution >= 0.6 is 11.6 Å². The number of hydrogen-bond acceptors (Lipinski definition) is 5. The number of fused-ring (bicyclic) bond motifs is 1. The van der Waals surface area contributed by atoms with Crippen LogP contribution in [0, 0.1) is 13.8 Å². The number of amides is 1. The van der Waals surface area contributed by atoms with Crippen LogP contribution in [0.3, 0.4) is 0 Å². The standard InChI is InChI=1S/C23H22ClN5O2/c1-4-31-20-10-8-19(9-11-20)28(22(30)17-6-5-7-18(24)13-17)14-21-26-23-25-15(2)12-16(3)29(23)27-21/h5-13H,4,14H2,1-3H3. The lowest BCUT2D eigenvalue weighted by Gasteiger charge is -2.22. The normalized spacial score (nSPS) is 11.0. The molecule has 0 spiro atoms. The third-order valence-corrected chi connectivity index (χ3v) is 4.97. The highest BCUT2D eigenvalue weighted by Gasteiger charge is 2.21. The molecule has 2 aromatic carbocycles. The fourth-order valence-corrected chi connectivity index (χ4v) is 3.55. The molecule has 0 aliphatic rings. The minimum Gasteiger partial charge on any atom is -0.494 e. The zero-order valence-electron chi connectivity index (χ0n) is 17.5. The van der Waals surface area contributed by atoms with Gasteiger partial charge in [0.1, 0.15) is 5.75 Å². The Kier molecular flexibility index (Phi) is 5.86. The van der Waals surface area contributed by atoms with E-state index in [1.165, 1.54) is 0 Å². The molecule has 7 nitrogen and oxygen atoms in total. The molecule has 0 aliphatic heterocycles. The Hall–Kier alpha value is -3.45. The summed E-state index contributed by atoms with van der Waals surface area (Å²) in [6, 6.07) is 16.2. The van der Waals surface area contributed by atoms with Gasteiger partial charge in [-0.15, -0.1) is 5.10 Å². The summed E-state index contributed by atoms with van der Waals surface area (Å²) < 4.78 is 7.21. The van der Waals surface area contributed by atoms with E-state index in [0.29, 0.717) is 34.5 Å². The highest BCUT2D eigenvalue weighted by Crippen LogP contribution is 2.24. The van der Waals surface area contributed by atoms with E-state index in [0.717, 1.165) is 17.1 Å². The fraction of sp³-hybridized carbons (Fsp3) is 0.217. The molecule has 0 atom stereocenters. The Bertz CT molecular complexity index is 1240. The number of benzene rings is 2. The van der Waals surface area contributed by atoms with Gasteiger partial charge < -0.3 is 9.64 Å². The first kappa shape index (κ1) is 20.8. The van der Waals surface area contributed by atoms with Gasteiger partial charge in [-0.3, -0.25) is 4.79 Å². The Balaban J connectivity index is 1.73. The molecule has 0 saturated heterocycles. The minimum atomic E-state index is -0.202. The Labute approximate surface area is 185 Å². The number of aromatic nitrogens is 4. The number of nitrogens with zero attached hydrogens (tertiary/aromatic N) is 5. The summed E-state index contributed by atoms with van der Waals surface area (Å²) in [5.74, 6) is 1.54. The van der Waals surface area contributed by atoms with Crippen molar-refractivity contribution < 1.29 is 9.53 Å². The van der Waals surface area contributed by atoms with Gasteiger partial charge in [0.25, 0.3) is 11.7 Å². The number of carbonyl (C=O) groups excluding carboxylic acids is 1. The van der Waals surface area contributed by atoms with Crippen molar-refractivity contribution in [3.63, 3.8) is 0 Å². The summed E-state index contributed by atoms with van der Waals surface area (Å²) in [7, 11) is 0. The average molecular weight is 436 g/mol. The molecule has 31 heavy (non-hydrogen) atoms. The quantitative estimate of drug-likeness (QED) is 0.441. The summed E-state index contributed by atoms with van der Waals surface area (Å²) in [4.78, 5) is 24.0. The van der Waals surface area contributed by atoms with Crippen molar-refractivity contribution in [2.45, 2.75) is 27.3 Å². The zero-order chi connectivity index (χ0) is 22.0. The SMILES string of the molecule is CCOc1ccc(N(Cc2nc3nc(C)cc(C)n3n2)C(=O)c2cccc(Cl)c2)cc1. The number of aryl methyl sites for hydroxylation is 2. The maximum absolute atomic E-state index is 13.4. The molecule has 0 bridgehead atoms. The number of ether oxygens (including phenoxy) is 1. The zero-order valence-corrected chi connectivity index (χ0v) is 18.3. The second-order valence-corrected chi connectivity index (χ2v) is 7.54. The maximum atomic E-state index is 13.4. The first-order chi connectivity index (χ1) is 14.9. The van der Waals surface area contributed by atoms with Crippen molar-refractivity contribution in [3.05, 3.63) is 82.4 Å². The van der Waals surface area contributed by atoms with Crippen LogP contribution in [-0.4, -0.2) is 32.1 Å². The van der Waals surface area contributed by atoms with Crippen molar-refractivity contribution in [2.75, 3.05) is 11.5 Å². The Morgan fingerprint density at radius 2 is 1.87 bits per heavy atom. The molecular formula is C23H22ClN5O2. The van der Waals surface area contributed by atoms with E-state index < -0.39 is 0 Å². The van der Waals surface area contributed by atoms with Crippen LogP contribution in [0.15, 0.2) is 54.6 Å². The molecule has 0 unspecified atom stereocenters. The van der Waals surface area contributed by atoms with E-state index >= 15 is 0 Å². The molecule has 158 valence electrons. The predicted octanol–water partition coefficient (Wildman–Crippen LogP) is 4.64. The van der Waals surface area contributed by atoms with Crippen LogP contribution < -0.4 is 9.64 Å². The minimum absolute atomic E-state index is 0.182. The fourth-order valence-electron chi connectivity index (χ4n) is 3.36. The van der Waals surface area contributed by atoms with Crippen molar-refractivity contribution >= 4 is 29.0 Å². The number of carbonyl (C=O) groups is 1. The maximum Gasteiger partial charge on any atom is 0.258 e. The van der Waals surface area contributed by atoms with E-state index in [2.05, 4.69) is 15.1 Å². The van der Waals surface area contributed by atoms with E-state index in [9.17, 15) is 4.79 Å². The van der Waals surface area contributed by atoms with Crippen molar-refractivity contribution in [2.24, 2.45) is 0 Å². The van der Waals surface area contributed by atoms with E-state index in [4.69, 9.17) is 16.3 Å². The van der Waals surface area contributed by atoms with Gasteiger partial charge in [-0.2, -0.15) is 4.98 Å². The highest BCUT2D eigenvalue weighted by molar-refractivity contribution is 6.31. The van der Waals surface area contributed by atoms with E-state index in [1.807, 2.05) is 51.1 Å². The topological polar surface area (TPSA) is 72.6 Å². The van der Waals surface area contributed by atoms with Crippen LogP contribution in [0.1, 0.15) is 34.5 Å². The molecule has 0 radical (unpaired) electrons. The van der Waals surface area contributed by atoms with Gasteiger partial charge in [-0.1, -0.05) is 17.7 Å². The van der Waals surface area contributed by atoms with Crippen molar-refractivity contribution in [3.8, 4) is 5.75 Å². The molecule has 1 amide bonds. The van der Waals surface area contributed by atoms with Crippen LogP contribution in [0.5, 0.6) is 5.75 Å². The Morgan fingerprint density at radius 1 is 1.10 bits per heavy atom. The molecule has 0 saturated carbocycles. The van der Waals surface area contributed by atoms with Gasteiger partial charge in [0.05, 0.1) is 13.2 Å². The van der Waals surface area contributed by atoms with Gasteiger partial charge in [0.2, 0.25) is 0 Å². The molecule has 2 heterocycles. The highest BCUT2D eigenvalue weighted by atomic mass is 35.5. The van der Waals surface area contributed by atoms with Crippen LogP contribution in [0.2, 0.25) is 5.02 Å². The molecule has 0 fully saturated rings. The summed E-state index contributed by atoms with van der Waals surface area (Å²) in [5, 5.41) is 5.06. The Morgan fingerprint density at radius 3 is 2.58 bits per heavy atom. The molecule has 0 aliphatic carbocycles. The molecule has 2 aromatic heterocycles. The lowest BCUT2D eigenvalue weighted by molar-refractivity contribution is 0.0984. The average Bonchev–Trinajstić information content (AvgIpc) is 3.15. The largest absolute Gasteiger partial charge is 0.494 e. The summed E-state index contributed by atoms with van der Waals surface area (Å²) in [6.07, 6.45) is 0. The smallest absolute Gasteiger partial charge is 0.258 e. The first-order valence-corrected chi connectivity index (χ1v) is 10.3. The van der Waals surface area contributed by atoms with Gasteiger partial charge in [0.15, 0.2) is 5.82 Å². The third kappa shape index (κ3) is 4.51. The summed E-state index contributed by atoms with van der Waals surface area (Å²) in [5.41, 5.74) is 2.97. The van der Waals surface area contributed by atoms with Crippen molar-refractivity contribution in [1.29, 1.82) is 0 Å². The number of anilines is 1. The molecular weight excluding hydrogens is 414 g/mol. The van der Waals surface area contributed by atoms with Gasteiger partial charge in [-0.05, 0) is 69.3 Å². The molecule has 8 heteroatoms. The van der Waals surface area contributed by atoms with Crippen LogP contribution in [0.4, 0.5) is 5.69 Å². The number of rotatable bonds is 6. The second kappa shape index (κ2) is 8.73.